The predicted octanol–water partition coefficient (Wildman–Crippen LogP) is 2.42. The minimum atomic E-state index is -0.332. The van der Waals surface area contributed by atoms with Gasteiger partial charge in [-0.05, 0) is 19.1 Å². The van der Waals surface area contributed by atoms with Crippen molar-refractivity contribution in [3.05, 3.63) is 46.3 Å². The molecule has 8 heteroatoms. The summed E-state index contributed by atoms with van der Waals surface area (Å²) in [6, 6.07) is 4.64. The summed E-state index contributed by atoms with van der Waals surface area (Å²) in [6.45, 7) is 2.65. The van der Waals surface area contributed by atoms with Crippen LogP contribution in [-0.2, 0) is 13.0 Å². The van der Waals surface area contributed by atoms with Gasteiger partial charge in [0, 0.05) is 44.2 Å². The second-order valence-corrected chi connectivity index (χ2v) is 5.42. The van der Waals surface area contributed by atoms with Crippen LogP contribution in [0, 0.1) is 12.7 Å². The highest BCUT2D eigenvalue weighted by Crippen LogP contribution is 2.20. The Hall–Kier alpha value is -2.15. The molecule has 0 aliphatic heterocycles. The van der Waals surface area contributed by atoms with Gasteiger partial charge in [0.25, 0.3) is 0 Å². The van der Waals surface area contributed by atoms with Crippen molar-refractivity contribution in [1.29, 1.82) is 0 Å². The molecule has 0 fully saturated rings. The van der Waals surface area contributed by atoms with Crippen LogP contribution in [0.15, 0.2) is 27.7 Å². The SMILES string of the molecule is CN=C(NCCc1nc(C)no1)N(C)Cc1c(F)cccc1Cl. The van der Waals surface area contributed by atoms with E-state index in [-0.39, 0.29) is 5.82 Å². The third-order valence-electron chi connectivity index (χ3n) is 3.22. The summed E-state index contributed by atoms with van der Waals surface area (Å²) >= 11 is 6.05. The maximum absolute atomic E-state index is 13.9. The van der Waals surface area contributed by atoms with Crippen molar-refractivity contribution in [2.24, 2.45) is 4.99 Å². The number of nitrogens with zero attached hydrogens (tertiary/aromatic N) is 4. The van der Waals surface area contributed by atoms with Gasteiger partial charge in [-0.3, -0.25) is 4.99 Å². The van der Waals surface area contributed by atoms with Crippen LogP contribution in [0.25, 0.3) is 0 Å². The molecule has 0 amide bonds. The second kappa shape index (κ2) is 7.92. The van der Waals surface area contributed by atoms with Crippen LogP contribution in [0.2, 0.25) is 5.02 Å². The highest BCUT2D eigenvalue weighted by molar-refractivity contribution is 6.31. The topological polar surface area (TPSA) is 66.5 Å². The maximum Gasteiger partial charge on any atom is 0.228 e. The lowest BCUT2D eigenvalue weighted by Gasteiger charge is -2.22. The lowest BCUT2D eigenvalue weighted by Crippen LogP contribution is -2.39. The van der Waals surface area contributed by atoms with Crippen molar-refractivity contribution in [3.8, 4) is 0 Å². The third kappa shape index (κ3) is 4.66. The molecule has 1 aromatic carbocycles. The van der Waals surface area contributed by atoms with Crippen molar-refractivity contribution in [2.75, 3.05) is 20.6 Å². The lowest BCUT2D eigenvalue weighted by atomic mass is 10.2. The molecule has 0 unspecified atom stereocenters. The number of nitrogens with one attached hydrogen (secondary N) is 1. The fraction of sp³-hybridized carbons (Fsp3) is 0.400. The Morgan fingerprint density at radius 2 is 2.26 bits per heavy atom. The quantitative estimate of drug-likeness (QED) is 0.669. The highest BCUT2D eigenvalue weighted by atomic mass is 35.5. The van der Waals surface area contributed by atoms with Gasteiger partial charge in [-0.2, -0.15) is 4.98 Å². The van der Waals surface area contributed by atoms with E-state index in [0.717, 1.165) is 0 Å². The Morgan fingerprint density at radius 1 is 1.48 bits per heavy atom. The molecule has 1 aromatic heterocycles. The third-order valence-corrected chi connectivity index (χ3v) is 3.58. The first-order valence-corrected chi connectivity index (χ1v) is 7.53. The number of hydrogen-bond acceptors (Lipinski definition) is 4. The molecule has 0 saturated heterocycles. The molecule has 0 bridgehead atoms. The van der Waals surface area contributed by atoms with E-state index in [9.17, 15) is 4.39 Å². The summed E-state index contributed by atoms with van der Waals surface area (Å²) in [5.74, 6) is 1.46. The van der Waals surface area contributed by atoms with Crippen molar-refractivity contribution in [2.45, 2.75) is 19.9 Å². The standard InChI is InChI=1S/C15H19ClFN5O/c1-10-20-14(23-21-10)7-8-19-15(18-2)22(3)9-11-12(16)5-4-6-13(11)17/h4-6H,7-9H2,1-3H3,(H,18,19). The normalized spacial score (nSPS) is 11.6. The highest BCUT2D eigenvalue weighted by Gasteiger charge is 2.13. The average molecular weight is 340 g/mol. The van der Waals surface area contributed by atoms with Gasteiger partial charge in [-0.1, -0.05) is 22.8 Å². The van der Waals surface area contributed by atoms with E-state index >= 15 is 0 Å². The first kappa shape index (κ1) is 17.2. The summed E-state index contributed by atoms with van der Waals surface area (Å²) in [7, 11) is 3.48. The first-order valence-electron chi connectivity index (χ1n) is 7.15. The smallest absolute Gasteiger partial charge is 0.228 e. The van der Waals surface area contributed by atoms with Gasteiger partial charge in [-0.25, -0.2) is 4.39 Å². The fourth-order valence-electron chi connectivity index (χ4n) is 2.10. The summed E-state index contributed by atoms with van der Waals surface area (Å²) in [6.07, 6.45) is 0.578. The van der Waals surface area contributed by atoms with Crippen LogP contribution in [0.1, 0.15) is 17.3 Å². The number of guanidine groups is 1. The van der Waals surface area contributed by atoms with Gasteiger partial charge < -0.3 is 14.7 Å². The van der Waals surface area contributed by atoms with Gasteiger partial charge in [0.05, 0.1) is 0 Å². The zero-order valence-corrected chi connectivity index (χ0v) is 14.1. The molecule has 0 spiro atoms. The minimum Gasteiger partial charge on any atom is -0.356 e. The number of aryl methyl sites for hydroxylation is 1. The summed E-state index contributed by atoms with van der Waals surface area (Å²) < 4.78 is 18.9. The molecule has 23 heavy (non-hydrogen) atoms. The van der Waals surface area contributed by atoms with E-state index in [1.807, 2.05) is 7.05 Å². The molecule has 1 heterocycles. The lowest BCUT2D eigenvalue weighted by molar-refractivity contribution is 0.373. The van der Waals surface area contributed by atoms with Gasteiger partial charge in [0.1, 0.15) is 5.82 Å². The van der Waals surface area contributed by atoms with Crippen LogP contribution < -0.4 is 5.32 Å². The van der Waals surface area contributed by atoms with E-state index in [0.29, 0.717) is 47.8 Å². The molecule has 0 atom stereocenters. The second-order valence-electron chi connectivity index (χ2n) is 5.02. The number of halogens is 2. The Bertz CT molecular complexity index is 668. The number of rotatable bonds is 5. The largest absolute Gasteiger partial charge is 0.356 e. The van der Waals surface area contributed by atoms with Gasteiger partial charge in [0.15, 0.2) is 11.8 Å². The van der Waals surface area contributed by atoms with E-state index < -0.39 is 0 Å². The van der Waals surface area contributed by atoms with Crippen molar-refractivity contribution >= 4 is 17.6 Å². The van der Waals surface area contributed by atoms with E-state index in [1.165, 1.54) is 6.07 Å². The first-order chi connectivity index (χ1) is 11.0. The van der Waals surface area contributed by atoms with Gasteiger partial charge in [0.2, 0.25) is 5.89 Å². The molecule has 2 rings (SSSR count). The number of benzene rings is 1. The molecule has 0 aliphatic carbocycles. The van der Waals surface area contributed by atoms with Crippen molar-refractivity contribution in [1.82, 2.24) is 20.4 Å². The molecule has 1 N–H and O–H groups in total. The van der Waals surface area contributed by atoms with E-state index in [2.05, 4.69) is 20.4 Å². The molecule has 2 aromatic rings. The van der Waals surface area contributed by atoms with Gasteiger partial charge in [-0.15, -0.1) is 0 Å². The van der Waals surface area contributed by atoms with Crippen LogP contribution in [-0.4, -0.2) is 41.6 Å². The Kier molecular flexibility index (Phi) is 5.92. The summed E-state index contributed by atoms with van der Waals surface area (Å²) in [5, 5.41) is 7.30. The Balaban J connectivity index is 1.92. The molecule has 0 saturated carbocycles. The molecule has 0 aliphatic rings. The van der Waals surface area contributed by atoms with E-state index in [1.54, 1.807) is 31.0 Å². The van der Waals surface area contributed by atoms with Crippen molar-refractivity contribution < 1.29 is 8.91 Å². The monoisotopic (exact) mass is 339 g/mol. The van der Waals surface area contributed by atoms with Crippen LogP contribution >= 0.6 is 11.6 Å². The number of aromatic nitrogens is 2. The molecular weight excluding hydrogens is 321 g/mol. The molecule has 0 radical (unpaired) electrons. The zero-order chi connectivity index (χ0) is 16.8. The Morgan fingerprint density at radius 3 is 2.87 bits per heavy atom. The summed E-state index contributed by atoms with van der Waals surface area (Å²) in [5.41, 5.74) is 0.437. The minimum absolute atomic E-state index is 0.310. The predicted molar refractivity (Wildman–Crippen MR) is 87.0 cm³/mol. The maximum atomic E-state index is 13.9. The van der Waals surface area contributed by atoms with Crippen LogP contribution in [0.4, 0.5) is 4.39 Å². The molecular formula is C15H19ClFN5O. The number of hydrogen-bond donors (Lipinski definition) is 1. The number of aliphatic imine (C=N–C) groups is 1. The van der Waals surface area contributed by atoms with Crippen LogP contribution in [0.3, 0.4) is 0 Å². The fourth-order valence-corrected chi connectivity index (χ4v) is 2.33. The van der Waals surface area contributed by atoms with Crippen LogP contribution in [0.5, 0.6) is 0 Å². The van der Waals surface area contributed by atoms with Gasteiger partial charge >= 0.3 is 0 Å². The van der Waals surface area contributed by atoms with Crippen molar-refractivity contribution in [3.63, 3.8) is 0 Å². The molecule has 124 valence electrons. The Labute approximate surface area is 139 Å². The molecule has 6 nitrogen and oxygen atoms in total. The summed E-state index contributed by atoms with van der Waals surface area (Å²) in [4.78, 5) is 10.1. The average Bonchev–Trinajstić information content (AvgIpc) is 2.93. The zero-order valence-electron chi connectivity index (χ0n) is 13.3. The van der Waals surface area contributed by atoms with E-state index in [4.69, 9.17) is 16.1 Å².